The van der Waals surface area contributed by atoms with Crippen LogP contribution in [0.15, 0.2) is 42.5 Å². The molecule has 24 heavy (non-hydrogen) atoms. The molecule has 0 bridgehead atoms. The molecule has 0 heterocycles. The SMILES string of the molecule is CCOC(=O)c1cc(N)cc(Oc2cccc(OC(F)(F)F)c2)c1. The Bertz CT molecular complexity index is 732. The summed E-state index contributed by atoms with van der Waals surface area (Å²) < 4.78 is 50.8. The Hall–Kier alpha value is -2.90. The maximum absolute atomic E-state index is 12.2. The van der Waals surface area contributed by atoms with Crippen molar-refractivity contribution in [2.75, 3.05) is 12.3 Å². The Morgan fingerprint density at radius 1 is 1.08 bits per heavy atom. The summed E-state index contributed by atoms with van der Waals surface area (Å²) in [6.45, 7) is 1.86. The molecular formula is C16H14F3NO4. The number of esters is 1. The van der Waals surface area contributed by atoms with Crippen molar-refractivity contribution in [1.29, 1.82) is 0 Å². The highest BCUT2D eigenvalue weighted by Crippen LogP contribution is 2.30. The van der Waals surface area contributed by atoms with Crippen LogP contribution in [-0.4, -0.2) is 18.9 Å². The number of hydrogen-bond donors (Lipinski definition) is 1. The second-order valence-corrected chi connectivity index (χ2v) is 4.64. The number of ether oxygens (including phenoxy) is 3. The van der Waals surface area contributed by atoms with Crippen molar-refractivity contribution in [3.63, 3.8) is 0 Å². The molecule has 0 unspecified atom stereocenters. The zero-order valence-electron chi connectivity index (χ0n) is 12.6. The summed E-state index contributed by atoms with van der Waals surface area (Å²) in [4.78, 5) is 11.7. The third-order valence-corrected chi connectivity index (χ3v) is 2.71. The molecule has 0 fully saturated rings. The van der Waals surface area contributed by atoms with Gasteiger partial charge in [0.2, 0.25) is 0 Å². The van der Waals surface area contributed by atoms with Crippen LogP contribution in [0.1, 0.15) is 17.3 Å². The normalized spacial score (nSPS) is 11.0. The Balaban J connectivity index is 2.22. The van der Waals surface area contributed by atoms with Crippen LogP contribution >= 0.6 is 0 Å². The second kappa shape index (κ2) is 7.12. The minimum absolute atomic E-state index is 0.0946. The Morgan fingerprint density at radius 2 is 1.79 bits per heavy atom. The molecule has 2 N–H and O–H groups in total. The van der Waals surface area contributed by atoms with Crippen molar-refractivity contribution in [3.05, 3.63) is 48.0 Å². The van der Waals surface area contributed by atoms with Gasteiger partial charge in [0, 0.05) is 17.8 Å². The van der Waals surface area contributed by atoms with Crippen LogP contribution in [0.5, 0.6) is 17.2 Å². The van der Waals surface area contributed by atoms with Crippen LogP contribution in [0, 0.1) is 0 Å². The molecule has 0 radical (unpaired) electrons. The van der Waals surface area contributed by atoms with Gasteiger partial charge in [-0.1, -0.05) is 6.07 Å². The summed E-state index contributed by atoms with van der Waals surface area (Å²) >= 11 is 0. The van der Waals surface area contributed by atoms with Gasteiger partial charge in [0.15, 0.2) is 0 Å². The lowest BCUT2D eigenvalue weighted by Gasteiger charge is -2.12. The van der Waals surface area contributed by atoms with Crippen molar-refractivity contribution in [1.82, 2.24) is 0 Å². The molecule has 2 aromatic carbocycles. The van der Waals surface area contributed by atoms with E-state index in [-0.39, 0.29) is 29.4 Å². The fourth-order valence-electron chi connectivity index (χ4n) is 1.88. The van der Waals surface area contributed by atoms with E-state index in [1.54, 1.807) is 6.92 Å². The first kappa shape index (κ1) is 17.5. The number of rotatable bonds is 5. The van der Waals surface area contributed by atoms with Crippen LogP contribution in [0.25, 0.3) is 0 Å². The van der Waals surface area contributed by atoms with Gasteiger partial charge in [-0.3, -0.25) is 0 Å². The molecule has 0 aliphatic heterocycles. The van der Waals surface area contributed by atoms with E-state index in [1.807, 2.05) is 0 Å². The quantitative estimate of drug-likeness (QED) is 0.654. The van der Waals surface area contributed by atoms with E-state index in [9.17, 15) is 18.0 Å². The van der Waals surface area contributed by atoms with Crippen LogP contribution < -0.4 is 15.2 Å². The van der Waals surface area contributed by atoms with Crippen molar-refractivity contribution in [2.45, 2.75) is 13.3 Å². The Morgan fingerprint density at radius 3 is 2.46 bits per heavy atom. The average Bonchev–Trinajstić information content (AvgIpc) is 2.45. The van der Waals surface area contributed by atoms with E-state index in [1.165, 1.54) is 30.3 Å². The lowest BCUT2D eigenvalue weighted by atomic mass is 10.2. The van der Waals surface area contributed by atoms with E-state index in [4.69, 9.17) is 15.2 Å². The third kappa shape index (κ3) is 5.08. The molecule has 0 amide bonds. The highest BCUT2D eigenvalue weighted by Gasteiger charge is 2.31. The number of nitrogen functional groups attached to an aromatic ring is 1. The molecule has 8 heteroatoms. The first-order valence-electron chi connectivity index (χ1n) is 6.88. The topological polar surface area (TPSA) is 70.8 Å². The van der Waals surface area contributed by atoms with Gasteiger partial charge >= 0.3 is 12.3 Å². The number of carbonyl (C=O) groups is 1. The Kier molecular flexibility index (Phi) is 5.18. The number of carbonyl (C=O) groups excluding carboxylic acids is 1. The number of anilines is 1. The van der Waals surface area contributed by atoms with E-state index in [0.717, 1.165) is 12.1 Å². The largest absolute Gasteiger partial charge is 0.573 e. The maximum Gasteiger partial charge on any atom is 0.573 e. The van der Waals surface area contributed by atoms with Gasteiger partial charge in [-0.25, -0.2) is 4.79 Å². The highest BCUT2D eigenvalue weighted by molar-refractivity contribution is 5.91. The van der Waals surface area contributed by atoms with Crippen LogP contribution in [0.2, 0.25) is 0 Å². The highest BCUT2D eigenvalue weighted by atomic mass is 19.4. The average molecular weight is 341 g/mol. The molecular weight excluding hydrogens is 327 g/mol. The number of halogens is 3. The molecule has 2 rings (SSSR count). The molecule has 128 valence electrons. The van der Waals surface area contributed by atoms with E-state index in [0.29, 0.717) is 0 Å². The van der Waals surface area contributed by atoms with Crippen LogP contribution in [0.4, 0.5) is 18.9 Å². The summed E-state index contributed by atoms with van der Waals surface area (Å²) in [5.74, 6) is -0.724. The van der Waals surface area contributed by atoms with E-state index >= 15 is 0 Å². The number of benzene rings is 2. The summed E-state index contributed by atoms with van der Waals surface area (Å²) in [5.41, 5.74) is 6.12. The minimum atomic E-state index is -4.80. The van der Waals surface area contributed by atoms with Gasteiger partial charge in [0.25, 0.3) is 0 Å². The molecule has 0 aromatic heterocycles. The Labute approximate surface area is 135 Å². The first-order valence-corrected chi connectivity index (χ1v) is 6.88. The molecule has 2 aromatic rings. The van der Waals surface area contributed by atoms with Crippen molar-refractivity contribution < 1.29 is 32.2 Å². The summed E-state index contributed by atoms with van der Waals surface area (Å²) in [7, 11) is 0. The maximum atomic E-state index is 12.2. The standard InChI is InChI=1S/C16H14F3NO4/c1-2-22-15(21)10-6-11(20)8-14(7-10)23-12-4-3-5-13(9-12)24-16(17,18)19/h3-9H,2,20H2,1H3. The lowest BCUT2D eigenvalue weighted by Crippen LogP contribution is -2.17. The lowest BCUT2D eigenvalue weighted by molar-refractivity contribution is -0.274. The molecule has 0 atom stereocenters. The van der Waals surface area contributed by atoms with Crippen LogP contribution in [-0.2, 0) is 4.74 Å². The van der Waals surface area contributed by atoms with E-state index in [2.05, 4.69) is 4.74 Å². The zero-order chi connectivity index (χ0) is 17.7. The molecule has 0 spiro atoms. The van der Waals surface area contributed by atoms with Gasteiger partial charge in [-0.2, -0.15) is 0 Å². The summed E-state index contributed by atoms with van der Waals surface area (Å²) in [6.07, 6.45) is -4.80. The van der Waals surface area contributed by atoms with Gasteiger partial charge in [-0.05, 0) is 31.2 Å². The molecule has 0 aliphatic rings. The van der Waals surface area contributed by atoms with Gasteiger partial charge in [0.1, 0.15) is 17.2 Å². The monoisotopic (exact) mass is 341 g/mol. The third-order valence-electron chi connectivity index (χ3n) is 2.71. The number of alkyl halides is 3. The van der Waals surface area contributed by atoms with Crippen molar-refractivity contribution in [3.8, 4) is 17.2 Å². The zero-order valence-corrected chi connectivity index (χ0v) is 12.6. The molecule has 0 saturated heterocycles. The number of hydrogen-bond acceptors (Lipinski definition) is 5. The van der Waals surface area contributed by atoms with Crippen molar-refractivity contribution >= 4 is 11.7 Å². The van der Waals surface area contributed by atoms with Gasteiger partial charge in [0.05, 0.1) is 12.2 Å². The summed E-state index contributed by atoms with van der Waals surface area (Å²) in [5, 5.41) is 0. The van der Waals surface area contributed by atoms with Crippen LogP contribution in [0.3, 0.4) is 0 Å². The second-order valence-electron chi connectivity index (χ2n) is 4.64. The summed E-state index contributed by atoms with van der Waals surface area (Å²) in [6, 6.07) is 9.22. The molecule has 5 nitrogen and oxygen atoms in total. The fraction of sp³-hybridized carbons (Fsp3) is 0.188. The fourth-order valence-corrected chi connectivity index (χ4v) is 1.88. The van der Waals surface area contributed by atoms with E-state index < -0.39 is 18.1 Å². The van der Waals surface area contributed by atoms with Gasteiger partial charge in [-0.15, -0.1) is 13.2 Å². The van der Waals surface area contributed by atoms with Crippen molar-refractivity contribution in [2.24, 2.45) is 0 Å². The minimum Gasteiger partial charge on any atom is -0.462 e. The predicted octanol–water partition coefficient (Wildman–Crippen LogP) is 4.14. The molecule has 0 aliphatic carbocycles. The first-order chi connectivity index (χ1) is 11.3. The smallest absolute Gasteiger partial charge is 0.462 e. The predicted molar refractivity (Wildman–Crippen MR) is 80.0 cm³/mol. The van der Waals surface area contributed by atoms with Gasteiger partial charge < -0.3 is 19.9 Å². The molecule has 0 saturated carbocycles. The number of nitrogens with two attached hydrogens (primary N) is 1.